The first-order valence-corrected chi connectivity index (χ1v) is 2.98. The predicted octanol–water partition coefficient (Wildman–Crippen LogP) is 0.365. The molecule has 9 heavy (non-hydrogen) atoms. The van der Waals surface area contributed by atoms with Crippen LogP contribution in [0.5, 0.6) is 0 Å². The lowest BCUT2D eigenvalue weighted by atomic mass is 10.8. The third-order valence-electron chi connectivity index (χ3n) is 0.835. The molecule has 0 saturated heterocycles. The number of nitrogens with zero attached hydrogens (tertiary/aromatic N) is 3. The maximum absolute atomic E-state index is 10.5. The van der Waals surface area contributed by atoms with Crippen LogP contribution in [0.4, 0.5) is 0 Å². The molecule has 0 saturated carbocycles. The number of hydrogen-bond acceptors (Lipinski definition) is 3. The topological polar surface area (TPSA) is 32.6 Å². The first kappa shape index (κ1) is 6.92. The molecule has 1 rings (SSSR count). The molecule has 0 N–H and O–H groups in total. The average Bonchev–Trinajstić information content (AvgIpc) is 1.59. The van der Waals surface area contributed by atoms with Crippen LogP contribution in [0.2, 0.25) is 0 Å². The van der Waals surface area contributed by atoms with Gasteiger partial charge in [0.15, 0.2) is 13.3 Å². The van der Waals surface area contributed by atoms with E-state index < -0.39 is 0 Å². The fraction of sp³-hybridized carbons (Fsp3) is 0.667. The standard InChI is InChI=1S/C3H5Cl2N3O/c4-6-1-7(5)3-8(9)2-6/h2H,1,3H2. The van der Waals surface area contributed by atoms with Gasteiger partial charge in [-0.05, 0) is 11.8 Å². The number of hydrogen-bond donors (Lipinski definition) is 0. The van der Waals surface area contributed by atoms with E-state index in [-0.39, 0.29) is 6.67 Å². The van der Waals surface area contributed by atoms with Crippen LogP contribution >= 0.6 is 23.6 Å². The summed E-state index contributed by atoms with van der Waals surface area (Å²) in [6.45, 7) is 0.520. The fourth-order valence-electron chi connectivity index (χ4n) is 0.555. The molecule has 1 heterocycles. The zero-order chi connectivity index (χ0) is 6.85. The minimum atomic E-state index is 0.158. The van der Waals surface area contributed by atoms with Gasteiger partial charge in [-0.3, -0.25) is 4.74 Å². The largest absolute Gasteiger partial charge is 0.714 e. The van der Waals surface area contributed by atoms with Gasteiger partial charge in [0.1, 0.15) is 11.8 Å². The van der Waals surface area contributed by atoms with Gasteiger partial charge in [-0.15, -0.1) is 4.42 Å². The Balaban J connectivity index is 2.56. The highest BCUT2D eigenvalue weighted by Crippen LogP contribution is 2.02. The summed E-state index contributed by atoms with van der Waals surface area (Å²) in [5.41, 5.74) is 0. The van der Waals surface area contributed by atoms with Crippen molar-refractivity contribution in [2.75, 3.05) is 13.3 Å². The Kier molecular flexibility index (Phi) is 2.00. The van der Waals surface area contributed by atoms with Gasteiger partial charge in [0.25, 0.3) is 6.34 Å². The molecule has 4 nitrogen and oxygen atoms in total. The molecule has 0 spiro atoms. The van der Waals surface area contributed by atoms with Crippen LogP contribution in [0.15, 0.2) is 0 Å². The van der Waals surface area contributed by atoms with Crippen LogP contribution in [0.25, 0.3) is 0 Å². The van der Waals surface area contributed by atoms with Gasteiger partial charge in [0, 0.05) is 0 Å². The summed E-state index contributed by atoms with van der Waals surface area (Å²) in [5.74, 6) is 0. The molecular weight excluding hydrogens is 165 g/mol. The van der Waals surface area contributed by atoms with Crippen LogP contribution in [-0.4, -0.2) is 33.3 Å². The first-order valence-electron chi connectivity index (χ1n) is 2.30. The highest BCUT2D eigenvalue weighted by Gasteiger charge is 2.16. The van der Waals surface area contributed by atoms with Gasteiger partial charge in [-0.1, -0.05) is 0 Å². The Hall–Kier alpha value is -0.190. The second-order valence-electron chi connectivity index (χ2n) is 1.68. The lowest BCUT2D eigenvalue weighted by molar-refractivity contribution is -0.483. The monoisotopic (exact) mass is 169 g/mol. The van der Waals surface area contributed by atoms with E-state index in [0.717, 1.165) is 0 Å². The van der Waals surface area contributed by atoms with Gasteiger partial charge in [0.2, 0.25) is 0 Å². The third kappa shape index (κ3) is 1.89. The van der Waals surface area contributed by atoms with Gasteiger partial charge in [0.05, 0.1) is 0 Å². The molecule has 0 aromatic carbocycles. The Labute approximate surface area is 62.7 Å². The Morgan fingerprint density at radius 1 is 1.56 bits per heavy atom. The van der Waals surface area contributed by atoms with Crippen molar-refractivity contribution in [1.82, 2.24) is 8.84 Å². The zero-order valence-corrected chi connectivity index (χ0v) is 6.01. The van der Waals surface area contributed by atoms with Gasteiger partial charge < -0.3 is 5.21 Å². The molecule has 1 aliphatic rings. The molecule has 0 radical (unpaired) electrons. The van der Waals surface area contributed by atoms with Crippen molar-refractivity contribution < 1.29 is 4.74 Å². The number of rotatable bonds is 0. The molecule has 6 heteroatoms. The third-order valence-corrected chi connectivity index (χ3v) is 1.24. The van der Waals surface area contributed by atoms with Gasteiger partial charge >= 0.3 is 0 Å². The van der Waals surface area contributed by atoms with Crippen molar-refractivity contribution in [3.8, 4) is 0 Å². The maximum atomic E-state index is 10.5. The minimum Gasteiger partial charge on any atom is -0.714 e. The number of halogens is 2. The van der Waals surface area contributed by atoms with Crippen LogP contribution in [0.1, 0.15) is 0 Å². The lowest BCUT2D eigenvalue weighted by Crippen LogP contribution is -2.38. The zero-order valence-electron chi connectivity index (χ0n) is 4.50. The van der Waals surface area contributed by atoms with E-state index in [0.29, 0.717) is 11.4 Å². The van der Waals surface area contributed by atoms with E-state index in [2.05, 4.69) is 0 Å². The second-order valence-corrected chi connectivity index (χ2v) is 2.59. The molecule has 0 bridgehead atoms. The minimum absolute atomic E-state index is 0.158. The molecule has 1 aliphatic heterocycles. The van der Waals surface area contributed by atoms with Crippen LogP contribution < -0.4 is 0 Å². The fourth-order valence-corrected chi connectivity index (χ4v) is 1.06. The summed E-state index contributed by atoms with van der Waals surface area (Å²) in [4.78, 5) is 0. The summed E-state index contributed by atoms with van der Waals surface area (Å²) in [7, 11) is 0. The Morgan fingerprint density at radius 3 is 2.67 bits per heavy atom. The summed E-state index contributed by atoms with van der Waals surface area (Å²) < 4.78 is 3.10. The van der Waals surface area contributed by atoms with Crippen molar-refractivity contribution in [3.05, 3.63) is 5.21 Å². The average molecular weight is 170 g/mol. The molecule has 52 valence electrons. The summed E-state index contributed by atoms with van der Waals surface area (Å²) >= 11 is 10.9. The van der Waals surface area contributed by atoms with E-state index in [1.165, 1.54) is 15.2 Å². The smallest absolute Gasteiger partial charge is 0.257 e. The predicted molar refractivity (Wildman–Crippen MR) is 34.8 cm³/mol. The second kappa shape index (κ2) is 2.60. The van der Waals surface area contributed by atoms with Crippen LogP contribution in [0.3, 0.4) is 0 Å². The van der Waals surface area contributed by atoms with Crippen molar-refractivity contribution in [1.29, 1.82) is 0 Å². The Bertz CT molecular complexity index is 139. The highest BCUT2D eigenvalue weighted by atomic mass is 35.5. The van der Waals surface area contributed by atoms with Gasteiger partial charge in [-0.25, -0.2) is 0 Å². The maximum Gasteiger partial charge on any atom is 0.257 e. The molecule has 0 aromatic heterocycles. The van der Waals surface area contributed by atoms with E-state index in [1.807, 2.05) is 0 Å². The highest BCUT2D eigenvalue weighted by molar-refractivity contribution is 6.19. The van der Waals surface area contributed by atoms with Crippen molar-refractivity contribution >= 4 is 29.9 Å². The SMILES string of the molecule is [O-][N+]1=CN(Cl)CN(Cl)C1. The summed E-state index contributed by atoms with van der Waals surface area (Å²) in [6, 6.07) is 0. The van der Waals surface area contributed by atoms with Crippen LogP contribution in [-0.2, 0) is 0 Å². The molecule has 0 fully saturated rings. The van der Waals surface area contributed by atoms with Crippen molar-refractivity contribution in [2.45, 2.75) is 0 Å². The summed E-state index contributed by atoms with van der Waals surface area (Å²) in [6.07, 6.45) is 1.24. The van der Waals surface area contributed by atoms with E-state index in [9.17, 15) is 5.21 Å². The normalized spacial score (nSPS) is 22.0. The van der Waals surface area contributed by atoms with Crippen molar-refractivity contribution in [2.24, 2.45) is 0 Å². The molecular formula is C3H5Cl2N3O. The molecule has 0 aliphatic carbocycles. The van der Waals surface area contributed by atoms with E-state index in [4.69, 9.17) is 23.6 Å². The molecule has 0 unspecified atom stereocenters. The first-order chi connectivity index (χ1) is 4.18. The Morgan fingerprint density at radius 2 is 2.22 bits per heavy atom. The van der Waals surface area contributed by atoms with Crippen LogP contribution in [0, 0.1) is 5.21 Å². The molecule has 0 amide bonds. The van der Waals surface area contributed by atoms with Crippen molar-refractivity contribution in [3.63, 3.8) is 0 Å². The lowest BCUT2D eigenvalue weighted by Gasteiger charge is -2.21. The van der Waals surface area contributed by atoms with Gasteiger partial charge in [-0.2, -0.15) is 4.42 Å². The number of hydroxylamine groups is 1. The molecule has 0 atom stereocenters. The van der Waals surface area contributed by atoms with E-state index >= 15 is 0 Å². The van der Waals surface area contributed by atoms with E-state index in [1.54, 1.807) is 0 Å². The quantitative estimate of drug-likeness (QED) is 0.299. The molecule has 0 aromatic rings. The summed E-state index contributed by atoms with van der Waals surface area (Å²) in [5, 5.41) is 10.5.